The van der Waals surface area contributed by atoms with Crippen LogP contribution in [0.4, 0.5) is 4.39 Å². The number of nitrogens with zero attached hydrogens (tertiary/aromatic N) is 2. The van der Waals surface area contributed by atoms with E-state index in [9.17, 15) is 4.39 Å². The number of benzene rings is 2. The number of hydrogen-bond donors (Lipinski definition) is 2. The fourth-order valence-corrected chi connectivity index (χ4v) is 2.78. The summed E-state index contributed by atoms with van der Waals surface area (Å²) in [7, 11) is 0. The highest BCUT2D eigenvalue weighted by Crippen LogP contribution is 2.16. The Hall–Kier alpha value is -2.22. The summed E-state index contributed by atoms with van der Waals surface area (Å²) in [6, 6.07) is 16.7. The van der Waals surface area contributed by atoms with E-state index in [2.05, 4.69) is 38.8 Å². The van der Waals surface area contributed by atoms with Crippen LogP contribution in [-0.4, -0.2) is 24.0 Å². The smallest absolute Gasteiger partial charge is 0.191 e. The molecule has 0 radical (unpaired) electrons. The Morgan fingerprint density at radius 2 is 1.81 bits per heavy atom. The molecule has 3 aromatic rings. The van der Waals surface area contributed by atoms with E-state index in [4.69, 9.17) is 0 Å². The van der Waals surface area contributed by atoms with Crippen molar-refractivity contribution < 1.29 is 4.39 Å². The van der Waals surface area contributed by atoms with Gasteiger partial charge in [-0.3, -0.25) is 4.98 Å². The second-order valence-corrected chi connectivity index (χ2v) is 5.99. The summed E-state index contributed by atoms with van der Waals surface area (Å²) in [6.45, 7) is 4.11. The molecule has 0 fully saturated rings. The molecule has 1 aromatic heterocycles. The summed E-state index contributed by atoms with van der Waals surface area (Å²) in [5, 5.41) is 7.70. The number of hydrogen-bond acceptors (Lipinski definition) is 2. The number of aliphatic imine (C=N–C) groups is 1. The van der Waals surface area contributed by atoms with Gasteiger partial charge in [-0.1, -0.05) is 36.4 Å². The minimum Gasteiger partial charge on any atom is -0.357 e. The van der Waals surface area contributed by atoms with E-state index >= 15 is 0 Å². The van der Waals surface area contributed by atoms with Crippen molar-refractivity contribution >= 4 is 40.8 Å². The highest BCUT2D eigenvalue weighted by atomic mass is 127. The van der Waals surface area contributed by atoms with Gasteiger partial charge in [-0.25, -0.2) is 9.38 Å². The first-order valence-electron chi connectivity index (χ1n) is 8.85. The fraction of sp³-hybridized carbons (Fsp3) is 0.238. The second-order valence-electron chi connectivity index (χ2n) is 5.99. The van der Waals surface area contributed by atoms with E-state index in [1.165, 1.54) is 12.1 Å². The van der Waals surface area contributed by atoms with Crippen molar-refractivity contribution in [3.8, 4) is 0 Å². The standard InChI is InChI=1S/C21H23FN4.HI/c1-2-23-21(25-14-12-16-8-10-19(22)11-9-16)26-15-18-6-3-5-17-7-4-13-24-20(17)18;/h3-11,13H,2,12,14-15H2,1H3,(H2,23,25,26);1H. The largest absolute Gasteiger partial charge is 0.357 e. The first kappa shape index (κ1) is 21.1. The van der Waals surface area contributed by atoms with Gasteiger partial charge in [0.15, 0.2) is 5.96 Å². The van der Waals surface area contributed by atoms with Gasteiger partial charge in [0.05, 0.1) is 12.1 Å². The highest BCUT2D eigenvalue weighted by molar-refractivity contribution is 14.0. The van der Waals surface area contributed by atoms with E-state index in [0.717, 1.165) is 47.5 Å². The molecule has 0 aliphatic carbocycles. The Morgan fingerprint density at radius 1 is 1.04 bits per heavy atom. The third-order valence-corrected chi connectivity index (χ3v) is 4.09. The predicted molar refractivity (Wildman–Crippen MR) is 120 cm³/mol. The number of rotatable bonds is 6. The lowest BCUT2D eigenvalue weighted by Crippen LogP contribution is -2.38. The molecule has 0 aliphatic rings. The van der Waals surface area contributed by atoms with Gasteiger partial charge in [0, 0.05) is 24.7 Å². The maximum absolute atomic E-state index is 13.0. The van der Waals surface area contributed by atoms with Crippen LogP contribution in [0.25, 0.3) is 10.9 Å². The van der Waals surface area contributed by atoms with Crippen LogP contribution < -0.4 is 10.6 Å². The number of fused-ring (bicyclic) bond motifs is 1. The molecule has 0 aliphatic heterocycles. The first-order chi connectivity index (χ1) is 12.8. The van der Waals surface area contributed by atoms with Crippen molar-refractivity contribution in [2.75, 3.05) is 13.1 Å². The van der Waals surface area contributed by atoms with Crippen molar-refractivity contribution in [1.29, 1.82) is 0 Å². The monoisotopic (exact) mass is 478 g/mol. The Bertz CT molecular complexity index is 875. The van der Waals surface area contributed by atoms with Crippen molar-refractivity contribution in [2.45, 2.75) is 19.9 Å². The summed E-state index contributed by atoms with van der Waals surface area (Å²) in [4.78, 5) is 9.15. The molecule has 0 unspecified atom stereocenters. The molecule has 27 heavy (non-hydrogen) atoms. The summed E-state index contributed by atoms with van der Waals surface area (Å²) in [6.07, 6.45) is 2.61. The Labute approximate surface area is 176 Å². The molecule has 0 atom stereocenters. The molecule has 4 nitrogen and oxygen atoms in total. The van der Waals surface area contributed by atoms with Crippen LogP contribution in [0.5, 0.6) is 0 Å². The van der Waals surface area contributed by atoms with Crippen LogP contribution in [0.15, 0.2) is 65.8 Å². The number of pyridine rings is 1. The van der Waals surface area contributed by atoms with Gasteiger partial charge in [0.2, 0.25) is 0 Å². The molecule has 0 saturated heterocycles. The normalized spacial score (nSPS) is 11.1. The zero-order valence-corrected chi connectivity index (χ0v) is 17.6. The SMILES string of the molecule is CCNC(=NCc1cccc2cccnc12)NCCc1ccc(F)cc1.I. The minimum absolute atomic E-state index is 0. The molecule has 6 heteroatoms. The van der Waals surface area contributed by atoms with Crippen molar-refractivity contribution in [3.05, 3.63) is 77.7 Å². The molecule has 0 saturated carbocycles. The molecule has 2 N–H and O–H groups in total. The molecule has 1 heterocycles. The molecule has 142 valence electrons. The zero-order chi connectivity index (χ0) is 18.2. The molecule has 3 rings (SSSR count). The molecule has 0 spiro atoms. The van der Waals surface area contributed by atoms with Gasteiger partial charge >= 0.3 is 0 Å². The van der Waals surface area contributed by atoms with Gasteiger partial charge in [-0.05, 0) is 42.7 Å². The lowest BCUT2D eigenvalue weighted by molar-refractivity contribution is 0.626. The summed E-state index contributed by atoms with van der Waals surface area (Å²) in [5.41, 5.74) is 3.17. The van der Waals surface area contributed by atoms with Crippen LogP contribution >= 0.6 is 24.0 Å². The lowest BCUT2D eigenvalue weighted by atomic mass is 10.1. The highest BCUT2D eigenvalue weighted by Gasteiger charge is 2.03. The number of aromatic nitrogens is 1. The maximum Gasteiger partial charge on any atom is 0.191 e. The van der Waals surface area contributed by atoms with Crippen LogP contribution in [0.2, 0.25) is 0 Å². The molecular weight excluding hydrogens is 454 g/mol. The average molecular weight is 478 g/mol. The van der Waals surface area contributed by atoms with Crippen LogP contribution in [0, 0.1) is 5.82 Å². The number of nitrogens with one attached hydrogen (secondary N) is 2. The van der Waals surface area contributed by atoms with Gasteiger partial charge in [0.1, 0.15) is 5.82 Å². The minimum atomic E-state index is -0.208. The Kier molecular flexibility index (Phi) is 8.44. The molecule has 0 bridgehead atoms. The van der Waals surface area contributed by atoms with Crippen molar-refractivity contribution in [2.24, 2.45) is 4.99 Å². The quantitative estimate of drug-likeness (QED) is 0.316. The Balaban J connectivity index is 0.00000261. The van der Waals surface area contributed by atoms with Gasteiger partial charge in [-0.15, -0.1) is 24.0 Å². The van der Waals surface area contributed by atoms with E-state index < -0.39 is 0 Å². The lowest BCUT2D eigenvalue weighted by Gasteiger charge is -2.12. The topological polar surface area (TPSA) is 49.3 Å². The van der Waals surface area contributed by atoms with Crippen molar-refractivity contribution in [3.63, 3.8) is 0 Å². The number of para-hydroxylation sites is 1. The fourth-order valence-electron chi connectivity index (χ4n) is 2.78. The summed E-state index contributed by atoms with van der Waals surface area (Å²) in [5.74, 6) is 0.558. The average Bonchev–Trinajstić information content (AvgIpc) is 2.67. The third-order valence-electron chi connectivity index (χ3n) is 4.09. The van der Waals surface area contributed by atoms with E-state index in [-0.39, 0.29) is 29.8 Å². The third kappa shape index (κ3) is 6.16. The maximum atomic E-state index is 13.0. The van der Waals surface area contributed by atoms with Gasteiger partial charge in [-0.2, -0.15) is 0 Å². The Morgan fingerprint density at radius 3 is 2.59 bits per heavy atom. The van der Waals surface area contributed by atoms with Gasteiger partial charge < -0.3 is 10.6 Å². The molecular formula is C21H24FIN4. The number of halogens is 2. The van der Waals surface area contributed by atoms with Crippen LogP contribution in [-0.2, 0) is 13.0 Å². The van der Waals surface area contributed by atoms with E-state index in [1.807, 2.05) is 37.4 Å². The van der Waals surface area contributed by atoms with Crippen molar-refractivity contribution in [1.82, 2.24) is 15.6 Å². The van der Waals surface area contributed by atoms with E-state index in [1.54, 1.807) is 0 Å². The number of guanidine groups is 1. The van der Waals surface area contributed by atoms with Gasteiger partial charge in [0.25, 0.3) is 0 Å². The second kappa shape index (κ2) is 10.8. The zero-order valence-electron chi connectivity index (χ0n) is 15.3. The van der Waals surface area contributed by atoms with E-state index in [0.29, 0.717) is 6.54 Å². The molecule has 0 amide bonds. The van der Waals surface area contributed by atoms with Crippen LogP contribution in [0.3, 0.4) is 0 Å². The summed E-state index contributed by atoms with van der Waals surface area (Å²) < 4.78 is 13.0. The molecule has 2 aromatic carbocycles. The predicted octanol–water partition coefficient (Wildman–Crippen LogP) is 4.29. The van der Waals surface area contributed by atoms with Crippen LogP contribution in [0.1, 0.15) is 18.1 Å². The first-order valence-corrected chi connectivity index (χ1v) is 8.85. The summed E-state index contributed by atoms with van der Waals surface area (Å²) >= 11 is 0.